The van der Waals surface area contributed by atoms with Gasteiger partial charge in [0.25, 0.3) is 6.33 Å². The van der Waals surface area contributed by atoms with Crippen molar-refractivity contribution in [3.8, 4) is 11.3 Å². The second-order valence-electron chi connectivity index (χ2n) is 6.76. The van der Waals surface area contributed by atoms with E-state index in [1.54, 1.807) is 0 Å². The predicted molar refractivity (Wildman–Crippen MR) is 100 cm³/mol. The van der Waals surface area contributed by atoms with Crippen LogP contribution in [0, 0.1) is 13.8 Å². The summed E-state index contributed by atoms with van der Waals surface area (Å²) < 4.78 is 4.35. The Morgan fingerprint density at radius 1 is 1.12 bits per heavy atom. The summed E-state index contributed by atoms with van der Waals surface area (Å²) in [6.45, 7) is 4.25. The first-order valence-corrected chi connectivity index (χ1v) is 8.56. The molecule has 0 fully saturated rings. The van der Waals surface area contributed by atoms with Crippen molar-refractivity contribution < 1.29 is 4.57 Å². The van der Waals surface area contributed by atoms with Crippen molar-refractivity contribution in [3.05, 3.63) is 59.8 Å². The molecule has 0 N–H and O–H groups in total. The van der Waals surface area contributed by atoms with Gasteiger partial charge in [0.15, 0.2) is 5.69 Å². The topological polar surface area (TPSA) is 34.6 Å². The zero-order valence-corrected chi connectivity index (χ0v) is 14.6. The van der Waals surface area contributed by atoms with Gasteiger partial charge < -0.3 is 4.57 Å². The third kappa shape index (κ3) is 1.91. The van der Waals surface area contributed by atoms with Crippen LogP contribution in [-0.4, -0.2) is 14.5 Å². The van der Waals surface area contributed by atoms with E-state index in [9.17, 15) is 0 Å². The van der Waals surface area contributed by atoms with Crippen molar-refractivity contribution in [1.82, 2.24) is 14.5 Å². The summed E-state index contributed by atoms with van der Waals surface area (Å²) in [7, 11) is 2.05. The molecular weight excluding hydrogens is 308 g/mol. The standard InChI is InChI=1S/C21H19N4/c1-13-11-17(24(3)12-22-13)19-14(2)15-7-4-5-8-16(15)20-21(19)25-10-6-9-18(25)23-20/h4-8,10-12H,9H2,1-3H3/q+1. The van der Waals surface area contributed by atoms with Crippen LogP contribution in [0.2, 0.25) is 0 Å². The zero-order valence-electron chi connectivity index (χ0n) is 14.6. The summed E-state index contributed by atoms with van der Waals surface area (Å²) in [5, 5.41) is 2.49. The van der Waals surface area contributed by atoms with Crippen LogP contribution in [0.15, 0.2) is 42.7 Å². The first-order valence-electron chi connectivity index (χ1n) is 8.56. The molecule has 4 heteroatoms. The second kappa shape index (κ2) is 4.99. The smallest absolute Gasteiger partial charge is 0.286 e. The quantitative estimate of drug-likeness (QED) is 0.499. The Hall–Kier alpha value is -3.01. The SMILES string of the molecule is Cc1cc(-c2c(C)c3ccccc3c3nc4n(c23)C=CC4)[n+](C)cn1. The molecule has 0 bridgehead atoms. The fourth-order valence-corrected chi connectivity index (χ4v) is 3.94. The first-order chi connectivity index (χ1) is 12.1. The molecule has 0 aliphatic carbocycles. The lowest BCUT2D eigenvalue weighted by Gasteiger charge is -2.13. The van der Waals surface area contributed by atoms with Gasteiger partial charge in [0.2, 0.25) is 0 Å². The van der Waals surface area contributed by atoms with Gasteiger partial charge in [0.05, 0.1) is 23.6 Å². The van der Waals surface area contributed by atoms with Crippen LogP contribution in [0.4, 0.5) is 0 Å². The van der Waals surface area contributed by atoms with Crippen molar-refractivity contribution in [2.24, 2.45) is 7.05 Å². The monoisotopic (exact) mass is 327 g/mol. The molecule has 1 aliphatic heterocycles. The maximum Gasteiger partial charge on any atom is 0.286 e. The molecule has 2 aromatic heterocycles. The first kappa shape index (κ1) is 14.3. The minimum Gasteiger partial charge on any atom is -0.302 e. The maximum atomic E-state index is 4.98. The number of fused-ring (bicyclic) bond motifs is 5. The van der Waals surface area contributed by atoms with Crippen LogP contribution in [0.1, 0.15) is 17.1 Å². The predicted octanol–water partition coefficient (Wildman–Crippen LogP) is 3.72. The van der Waals surface area contributed by atoms with Gasteiger partial charge in [-0.2, -0.15) is 0 Å². The third-order valence-corrected chi connectivity index (χ3v) is 5.15. The van der Waals surface area contributed by atoms with Crippen LogP contribution in [-0.2, 0) is 13.5 Å². The van der Waals surface area contributed by atoms with Crippen molar-refractivity contribution in [2.75, 3.05) is 0 Å². The van der Waals surface area contributed by atoms with Crippen molar-refractivity contribution in [3.63, 3.8) is 0 Å². The number of aromatic nitrogens is 4. The highest BCUT2D eigenvalue weighted by atomic mass is 15.1. The average molecular weight is 327 g/mol. The Morgan fingerprint density at radius 3 is 2.76 bits per heavy atom. The average Bonchev–Trinajstić information content (AvgIpc) is 3.20. The van der Waals surface area contributed by atoms with E-state index in [4.69, 9.17) is 4.98 Å². The van der Waals surface area contributed by atoms with E-state index in [1.165, 1.54) is 33.1 Å². The van der Waals surface area contributed by atoms with Crippen molar-refractivity contribution >= 4 is 28.0 Å². The summed E-state index contributed by atoms with van der Waals surface area (Å²) in [5.41, 5.74) is 7.00. The Labute approximate surface area is 146 Å². The van der Waals surface area contributed by atoms with E-state index in [-0.39, 0.29) is 0 Å². The fourth-order valence-electron chi connectivity index (χ4n) is 3.94. The molecule has 0 saturated carbocycles. The molecule has 122 valence electrons. The summed E-state index contributed by atoms with van der Waals surface area (Å²) in [4.78, 5) is 9.40. The van der Waals surface area contributed by atoms with Crippen LogP contribution in [0.3, 0.4) is 0 Å². The third-order valence-electron chi connectivity index (χ3n) is 5.15. The number of allylic oxidation sites excluding steroid dienone is 1. The highest BCUT2D eigenvalue weighted by Gasteiger charge is 2.24. The number of aryl methyl sites for hydroxylation is 3. The largest absolute Gasteiger partial charge is 0.302 e. The van der Waals surface area contributed by atoms with Gasteiger partial charge >= 0.3 is 0 Å². The number of rotatable bonds is 1. The van der Waals surface area contributed by atoms with E-state index in [2.05, 4.69) is 70.7 Å². The lowest BCUT2D eigenvalue weighted by molar-refractivity contribution is -0.663. The molecule has 0 saturated heterocycles. The van der Waals surface area contributed by atoms with Gasteiger partial charge in [-0.3, -0.25) is 0 Å². The maximum absolute atomic E-state index is 4.98. The molecule has 0 radical (unpaired) electrons. The Balaban J connectivity index is 2.05. The van der Waals surface area contributed by atoms with E-state index in [1.807, 2.05) is 13.3 Å². The minimum atomic E-state index is 0.892. The molecule has 0 unspecified atom stereocenters. The summed E-state index contributed by atoms with van der Waals surface area (Å²) in [5.74, 6) is 1.11. The van der Waals surface area contributed by atoms with Crippen molar-refractivity contribution in [2.45, 2.75) is 20.3 Å². The molecule has 4 aromatic rings. The van der Waals surface area contributed by atoms with Gasteiger partial charge in [-0.15, -0.1) is 0 Å². The van der Waals surface area contributed by atoms with Gasteiger partial charge in [-0.05, 0) is 17.9 Å². The molecule has 25 heavy (non-hydrogen) atoms. The summed E-state index contributed by atoms with van der Waals surface area (Å²) in [6, 6.07) is 10.7. The van der Waals surface area contributed by atoms with Gasteiger partial charge in [-0.25, -0.2) is 9.55 Å². The minimum absolute atomic E-state index is 0.892. The molecule has 5 rings (SSSR count). The fraction of sp³-hybridized carbons (Fsp3) is 0.190. The molecule has 1 aliphatic rings. The number of hydrogen-bond acceptors (Lipinski definition) is 2. The number of nitrogens with zero attached hydrogens (tertiary/aromatic N) is 4. The highest BCUT2D eigenvalue weighted by Crippen LogP contribution is 2.38. The van der Waals surface area contributed by atoms with Crippen molar-refractivity contribution in [1.29, 1.82) is 0 Å². The summed E-state index contributed by atoms with van der Waals surface area (Å²) in [6.07, 6.45) is 7.11. The lowest BCUT2D eigenvalue weighted by atomic mass is 9.95. The number of hydrogen-bond donors (Lipinski definition) is 0. The molecule has 3 heterocycles. The Kier molecular flexibility index (Phi) is 2.86. The van der Waals surface area contributed by atoms with Crippen LogP contribution >= 0.6 is 0 Å². The van der Waals surface area contributed by atoms with Gasteiger partial charge in [0, 0.05) is 31.0 Å². The Morgan fingerprint density at radius 2 is 1.92 bits per heavy atom. The second-order valence-corrected chi connectivity index (χ2v) is 6.76. The molecule has 4 nitrogen and oxygen atoms in total. The van der Waals surface area contributed by atoms with E-state index >= 15 is 0 Å². The van der Waals surface area contributed by atoms with Crippen LogP contribution in [0.5, 0.6) is 0 Å². The van der Waals surface area contributed by atoms with E-state index < -0.39 is 0 Å². The highest BCUT2D eigenvalue weighted by molar-refractivity contribution is 6.13. The molecular formula is C21H19N4+. The number of imidazole rings is 1. The van der Waals surface area contributed by atoms with E-state index in [0.29, 0.717) is 0 Å². The Bertz CT molecular complexity index is 1200. The normalized spacial score (nSPS) is 13.1. The zero-order chi connectivity index (χ0) is 17.1. The van der Waals surface area contributed by atoms with Crippen LogP contribution < -0.4 is 4.57 Å². The van der Waals surface area contributed by atoms with Crippen LogP contribution in [0.25, 0.3) is 39.3 Å². The van der Waals surface area contributed by atoms with Gasteiger partial charge in [0.1, 0.15) is 11.5 Å². The molecule has 0 atom stereocenters. The lowest BCUT2D eigenvalue weighted by Crippen LogP contribution is -2.32. The molecule has 0 amide bonds. The van der Waals surface area contributed by atoms with Gasteiger partial charge in [-0.1, -0.05) is 35.3 Å². The molecule has 2 aromatic carbocycles. The number of benzene rings is 2. The molecule has 0 spiro atoms. The van der Waals surface area contributed by atoms with E-state index in [0.717, 1.165) is 23.5 Å². The summed E-state index contributed by atoms with van der Waals surface area (Å²) >= 11 is 0.